The number of alkyl halides is 3. The Hall–Kier alpha value is -1.59. The van der Waals surface area contributed by atoms with Crippen molar-refractivity contribution in [3.63, 3.8) is 0 Å². The summed E-state index contributed by atoms with van der Waals surface area (Å²) in [5.41, 5.74) is -1.35. The molecule has 1 aliphatic carbocycles. The van der Waals surface area contributed by atoms with Crippen LogP contribution >= 0.6 is 0 Å². The minimum absolute atomic E-state index is 0.112. The van der Waals surface area contributed by atoms with E-state index in [2.05, 4.69) is 16.3 Å². The third-order valence-corrected chi connectivity index (χ3v) is 3.45. The van der Waals surface area contributed by atoms with Crippen LogP contribution in [0.15, 0.2) is 6.07 Å². The molecule has 1 saturated carbocycles. The zero-order chi connectivity index (χ0) is 12.9. The van der Waals surface area contributed by atoms with Crippen LogP contribution in [-0.2, 0) is 6.18 Å². The molecule has 1 aromatic carbocycles. The van der Waals surface area contributed by atoms with Crippen LogP contribution in [0.3, 0.4) is 0 Å². The van der Waals surface area contributed by atoms with Gasteiger partial charge in [0.2, 0.25) is 0 Å². The number of aromatic amines is 1. The summed E-state index contributed by atoms with van der Waals surface area (Å²) < 4.78 is 52.8. The smallest absolute Gasteiger partial charge is 0.335 e. The first kappa shape index (κ1) is 11.5. The molecule has 0 spiro atoms. The highest BCUT2D eigenvalue weighted by atomic mass is 19.4. The van der Waals surface area contributed by atoms with Gasteiger partial charge >= 0.3 is 6.18 Å². The number of rotatable bonds is 1. The van der Waals surface area contributed by atoms with Crippen molar-refractivity contribution in [2.75, 3.05) is 0 Å². The zero-order valence-corrected chi connectivity index (χ0v) is 9.24. The minimum Gasteiger partial charge on any atom is -0.335 e. The Labute approximate surface area is 100 Å². The number of imidazole rings is 1. The third-order valence-electron chi connectivity index (χ3n) is 3.45. The maximum atomic E-state index is 14.1. The normalized spacial score (nSPS) is 17.1. The van der Waals surface area contributed by atoms with Gasteiger partial charge in [-0.25, -0.2) is 9.37 Å². The molecule has 0 bridgehead atoms. The Kier molecular flexibility index (Phi) is 2.36. The van der Waals surface area contributed by atoms with E-state index in [-0.39, 0.29) is 17.0 Å². The van der Waals surface area contributed by atoms with Gasteiger partial charge in [-0.1, -0.05) is 6.42 Å². The molecule has 0 unspecified atom stereocenters. The molecule has 95 valence electrons. The molecule has 0 saturated heterocycles. The monoisotopic (exact) mass is 257 g/mol. The predicted molar refractivity (Wildman–Crippen MR) is 56.5 cm³/mol. The number of halogens is 4. The number of hydrogen-bond donors (Lipinski definition) is 1. The largest absolute Gasteiger partial charge is 0.421 e. The number of fused-ring (bicyclic) bond motifs is 1. The van der Waals surface area contributed by atoms with E-state index in [1.165, 1.54) is 6.07 Å². The molecule has 1 heterocycles. The third kappa shape index (κ3) is 1.59. The number of H-pyrrole nitrogens is 1. The lowest BCUT2D eigenvalue weighted by Gasteiger charge is -2.27. The molecule has 3 rings (SSSR count). The SMILES string of the molecule is Fc1c(C2CCC2)cc2[nH][c]nc2c1C(F)(F)F. The van der Waals surface area contributed by atoms with Gasteiger partial charge in [-0.05, 0) is 30.4 Å². The van der Waals surface area contributed by atoms with Crippen LogP contribution in [0, 0.1) is 12.1 Å². The zero-order valence-electron chi connectivity index (χ0n) is 9.24. The van der Waals surface area contributed by atoms with E-state index in [1.54, 1.807) is 0 Å². The topological polar surface area (TPSA) is 28.7 Å². The highest BCUT2D eigenvalue weighted by molar-refractivity contribution is 5.80. The molecule has 2 aromatic rings. The quantitative estimate of drug-likeness (QED) is 0.773. The van der Waals surface area contributed by atoms with Gasteiger partial charge in [-0.2, -0.15) is 13.2 Å². The number of nitrogens with zero attached hydrogens (tertiary/aromatic N) is 1. The standard InChI is InChI=1S/C12H9F4N2/c13-10-7(6-2-1-3-6)4-8-11(18-5-17-8)9(10)12(14,15)16/h4,6H,1-3H2,(H,17,18). The van der Waals surface area contributed by atoms with Gasteiger partial charge in [-0.15, -0.1) is 0 Å². The summed E-state index contributed by atoms with van der Waals surface area (Å²) >= 11 is 0. The fraction of sp³-hybridized carbons (Fsp3) is 0.417. The van der Waals surface area contributed by atoms with E-state index in [4.69, 9.17) is 0 Å². The first-order valence-electron chi connectivity index (χ1n) is 5.64. The van der Waals surface area contributed by atoms with E-state index in [9.17, 15) is 17.6 Å². The summed E-state index contributed by atoms with van der Waals surface area (Å²) in [5, 5.41) is 0. The van der Waals surface area contributed by atoms with Crippen molar-refractivity contribution in [2.24, 2.45) is 0 Å². The number of aromatic nitrogens is 2. The fourth-order valence-electron chi connectivity index (χ4n) is 2.30. The molecule has 1 N–H and O–H groups in total. The van der Waals surface area contributed by atoms with E-state index in [0.29, 0.717) is 0 Å². The first-order valence-corrected chi connectivity index (χ1v) is 5.64. The van der Waals surface area contributed by atoms with Crippen LogP contribution < -0.4 is 0 Å². The summed E-state index contributed by atoms with van der Waals surface area (Å²) in [6, 6.07) is 1.42. The molecule has 18 heavy (non-hydrogen) atoms. The molecule has 1 aromatic heterocycles. The molecule has 0 aliphatic heterocycles. The van der Waals surface area contributed by atoms with Gasteiger partial charge in [0.1, 0.15) is 16.9 Å². The fourth-order valence-corrected chi connectivity index (χ4v) is 2.30. The molecule has 0 atom stereocenters. The van der Waals surface area contributed by atoms with Gasteiger partial charge in [0.05, 0.1) is 5.52 Å². The number of benzene rings is 1. The lowest BCUT2D eigenvalue weighted by atomic mass is 9.79. The van der Waals surface area contributed by atoms with Crippen molar-refractivity contribution < 1.29 is 17.6 Å². The Balaban J connectivity index is 2.29. The van der Waals surface area contributed by atoms with Gasteiger partial charge < -0.3 is 4.98 Å². The van der Waals surface area contributed by atoms with Crippen LogP contribution in [0.1, 0.15) is 36.3 Å². The van der Waals surface area contributed by atoms with Crippen molar-refractivity contribution in [1.29, 1.82) is 0 Å². The van der Waals surface area contributed by atoms with Gasteiger partial charge in [0.25, 0.3) is 0 Å². The molecule has 1 aliphatic rings. The molecular formula is C12H9F4N2. The van der Waals surface area contributed by atoms with Crippen LogP contribution in [0.2, 0.25) is 0 Å². The summed E-state index contributed by atoms with van der Waals surface area (Å²) in [6.45, 7) is 0. The maximum Gasteiger partial charge on any atom is 0.421 e. The maximum absolute atomic E-state index is 14.1. The second-order valence-corrected chi connectivity index (χ2v) is 4.53. The highest BCUT2D eigenvalue weighted by Gasteiger charge is 2.40. The lowest BCUT2D eigenvalue weighted by Crippen LogP contribution is -2.16. The molecule has 1 radical (unpaired) electrons. The van der Waals surface area contributed by atoms with Gasteiger partial charge in [0.15, 0.2) is 6.33 Å². The van der Waals surface area contributed by atoms with Crippen LogP contribution in [0.5, 0.6) is 0 Å². The molecule has 1 fully saturated rings. The molecular weight excluding hydrogens is 248 g/mol. The highest BCUT2D eigenvalue weighted by Crippen LogP contribution is 2.43. The number of hydrogen-bond acceptors (Lipinski definition) is 1. The number of nitrogens with one attached hydrogen (secondary N) is 1. The van der Waals surface area contributed by atoms with Crippen molar-refractivity contribution >= 4 is 11.0 Å². The Morgan fingerprint density at radius 3 is 2.61 bits per heavy atom. The van der Waals surface area contributed by atoms with E-state index < -0.39 is 23.1 Å². The van der Waals surface area contributed by atoms with Crippen molar-refractivity contribution in [3.05, 3.63) is 29.3 Å². The van der Waals surface area contributed by atoms with Crippen molar-refractivity contribution in [3.8, 4) is 0 Å². The Bertz CT molecular complexity index is 596. The predicted octanol–water partition coefficient (Wildman–Crippen LogP) is 3.79. The van der Waals surface area contributed by atoms with E-state index >= 15 is 0 Å². The Morgan fingerprint density at radius 2 is 2.06 bits per heavy atom. The lowest BCUT2D eigenvalue weighted by molar-refractivity contribution is -0.138. The summed E-state index contributed by atoms with van der Waals surface area (Å²) in [7, 11) is 0. The average molecular weight is 257 g/mol. The second kappa shape index (κ2) is 3.70. The van der Waals surface area contributed by atoms with E-state index in [1.807, 2.05) is 0 Å². The van der Waals surface area contributed by atoms with Gasteiger partial charge in [0, 0.05) is 0 Å². The van der Waals surface area contributed by atoms with Crippen LogP contribution in [0.4, 0.5) is 17.6 Å². The van der Waals surface area contributed by atoms with Crippen LogP contribution in [-0.4, -0.2) is 9.97 Å². The van der Waals surface area contributed by atoms with Crippen LogP contribution in [0.25, 0.3) is 11.0 Å². The molecule has 2 nitrogen and oxygen atoms in total. The summed E-state index contributed by atoms with van der Waals surface area (Å²) in [4.78, 5) is 5.95. The summed E-state index contributed by atoms with van der Waals surface area (Å²) in [5.74, 6) is -1.29. The van der Waals surface area contributed by atoms with Crippen molar-refractivity contribution in [2.45, 2.75) is 31.4 Å². The molecule has 6 heteroatoms. The minimum atomic E-state index is -4.74. The summed E-state index contributed by atoms with van der Waals surface area (Å²) in [6.07, 6.45) is -0.110. The van der Waals surface area contributed by atoms with Crippen molar-refractivity contribution in [1.82, 2.24) is 9.97 Å². The molecule has 0 amide bonds. The van der Waals surface area contributed by atoms with Gasteiger partial charge in [-0.3, -0.25) is 0 Å². The second-order valence-electron chi connectivity index (χ2n) is 4.53. The first-order chi connectivity index (χ1) is 8.48. The van der Waals surface area contributed by atoms with E-state index in [0.717, 1.165) is 19.3 Å². The Morgan fingerprint density at radius 1 is 1.33 bits per heavy atom. The average Bonchev–Trinajstić information content (AvgIpc) is 2.60.